The number of amides is 1. The summed E-state index contributed by atoms with van der Waals surface area (Å²) in [5, 5.41) is 0. The highest BCUT2D eigenvalue weighted by Gasteiger charge is 2.40. The Bertz CT molecular complexity index is 537. The molecular weight excluding hydrogens is 275 g/mol. The topological polar surface area (TPSA) is 64.8 Å². The molecule has 1 spiro atoms. The Morgan fingerprint density at radius 2 is 1.90 bits per heavy atom. The first-order chi connectivity index (χ1) is 10.0. The normalized spacial score (nSPS) is 21.0. The molecule has 3 rings (SSSR count). The SMILES string of the molecule is Cc1c(N)cc(C(=O)N2CCC3(CC2)OCCO3)cc1F. The van der Waals surface area contributed by atoms with Gasteiger partial charge in [-0.15, -0.1) is 0 Å². The van der Waals surface area contributed by atoms with E-state index in [1.807, 2.05) is 0 Å². The number of nitrogen functional groups attached to an aromatic ring is 1. The van der Waals surface area contributed by atoms with Crippen LogP contribution in [0.4, 0.5) is 10.1 Å². The lowest BCUT2D eigenvalue weighted by Gasteiger charge is -2.37. The van der Waals surface area contributed by atoms with Crippen molar-refractivity contribution >= 4 is 11.6 Å². The van der Waals surface area contributed by atoms with Gasteiger partial charge in [0, 0.05) is 42.7 Å². The van der Waals surface area contributed by atoms with Gasteiger partial charge in [0.25, 0.3) is 5.91 Å². The highest BCUT2D eigenvalue weighted by atomic mass is 19.1. The van der Waals surface area contributed by atoms with Crippen molar-refractivity contribution in [3.8, 4) is 0 Å². The summed E-state index contributed by atoms with van der Waals surface area (Å²) in [5.41, 5.74) is 6.70. The number of hydrogen-bond donors (Lipinski definition) is 1. The summed E-state index contributed by atoms with van der Waals surface area (Å²) in [6.07, 6.45) is 1.28. The van der Waals surface area contributed by atoms with Crippen LogP contribution in [-0.4, -0.2) is 42.9 Å². The standard InChI is InChI=1S/C15H19FN2O3/c1-10-12(16)8-11(9-13(10)17)14(19)18-4-2-15(3-5-18)20-6-7-21-15/h8-9H,2-7,17H2,1H3. The summed E-state index contributed by atoms with van der Waals surface area (Å²) < 4.78 is 25.0. The van der Waals surface area contributed by atoms with E-state index in [4.69, 9.17) is 15.2 Å². The smallest absolute Gasteiger partial charge is 0.254 e. The summed E-state index contributed by atoms with van der Waals surface area (Å²) in [6.45, 7) is 3.88. The van der Waals surface area contributed by atoms with Crippen LogP contribution in [0.2, 0.25) is 0 Å². The quantitative estimate of drug-likeness (QED) is 0.801. The molecule has 2 heterocycles. The number of carbonyl (C=O) groups excluding carboxylic acids is 1. The van der Waals surface area contributed by atoms with Crippen molar-refractivity contribution in [2.45, 2.75) is 25.6 Å². The predicted molar refractivity (Wildman–Crippen MR) is 75.3 cm³/mol. The van der Waals surface area contributed by atoms with E-state index in [1.54, 1.807) is 11.8 Å². The molecule has 0 bridgehead atoms. The third-order valence-electron chi connectivity index (χ3n) is 4.26. The molecule has 0 aromatic heterocycles. The van der Waals surface area contributed by atoms with E-state index in [-0.39, 0.29) is 5.91 Å². The van der Waals surface area contributed by atoms with Crippen LogP contribution in [0, 0.1) is 12.7 Å². The van der Waals surface area contributed by atoms with Crippen LogP contribution < -0.4 is 5.73 Å². The molecule has 2 aliphatic heterocycles. The van der Waals surface area contributed by atoms with E-state index in [2.05, 4.69) is 0 Å². The van der Waals surface area contributed by atoms with E-state index in [9.17, 15) is 9.18 Å². The zero-order chi connectivity index (χ0) is 15.0. The fourth-order valence-corrected chi connectivity index (χ4v) is 2.84. The molecule has 2 saturated heterocycles. The molecule has 1 amide bonds. The molecule has 114 valence electrons. The second-order valence-corrected chi connectivity index (χ2v) is 5.57. The Morgan fingerprint density at radius 1 is 1.29 bits per heavy atom. The average Bonchev–Trinajstić information content (AvgIpc) is 2.92. The monoisotopic (exact) mass is 294 g/mol. The van der Waals surface area contributed by atoms with E-state index in [0.29, 0.717) is 56.0 Å². The van der Waals surface area contributed by atoms with Crippen molar-refractivity contribution in [1.29, 1.82) is 0 Å². The van der Waals surface area contributed by atoms with E-state index in [1.165, 1.54) is 12.1 Å². The van der Waals surface area contributed by atoms with Gasteiger partial charge in [0.05, 0.1) is 13.2 Å². The number of nitrogens with two attached hydrogens (primary N) is 1. The van der Waals surface area contributed by atoms with Crippen LogP contribution in [0.1, 0.15) is 28.8 Å². The van der Waals surface area contributed by atoms with E-state index >= 15 is 0 Å². The molecule has 0 saturated carbocycles. The zero-order valence-corrected chi connectivity index (χ0v) is 12.0. The number of hydrogen-bond acceptors (Lipinski definition) is 4. The highest BCUT2D eigenvalue weighted by Crippen LogP contribution is 2.32. The van der Waals surface area contributed by atoms with Gasteiger partial charge in [-0.3, -0.25) is 4.79 Å². The molecule has 6 heteroatoms. The van der Waals surface area contributed by atoms with Gasteiger partial charge in [0.1, 0.15) is 5.82 Å². The van der Waals surface area contributed by atoms with Crippen LogP contribution in [-0.2, 0) is 9.47 Å². The van der Waals surface area contributed by atoms with Gasteiger partial charge in [-0.25, -0.2) is 4.39 Å². The molecule has 2 N–H and O–H groups in total. The molecular formula is C15H19FN2O3. The Labute approximate surface area is 122 Å². The lowest BCUT2D eigenvalue weighted by atomic mass is 10.0. The molecule has 2 aliphatic rings. The van der Waals surface area contributed by atoms with Crippen molar-refractivity contribution < 1.29 is 18.7 Å². The fraction of sp³-hybridized carbons (Fsp3) is 0.533. The van der Waals surface area contributed by atoms with Gasteiger partial charge in [-0.05, 0) is 19.1 Å². The predicted octanol–water partition coefficient (Wildman–Crippen LogP) is 1.70. The summed E-state index contributed by atoms with van der Waals surface area (Å²) in [7, 11) is 0. The first-order valence-electron chi connectivity index (χ1n) is 7.14. The number of ether oxygens (including phenoxy) is 2. The Balaban J connectivity index is 1.72. The molecule has 21 heavy (non-hydrogen) atoms. The van der Waals surface area contributed by atoms with Crippen molar-refractivity contribution in [1.82, 2.24) is 4.90 Å². The summed E-state index contributed by atoms with van der Waals surface area (Å²) in [6, 6.07) is 2.79. The summed E-state index contributed by atoms with van der Waals surface area (Å²) >= 11 is 0. The minimum Gasteiger partial charge on any atom is -0.398 e. The van der Waals surface area contributed by atoms with Gasteiger partial charge in [-0.1, -0.05) is 0 Å². The maximum Gasteiger partial charge on any atom is 0.254 e. The van der Waals surface area contributed by atoms with Crippen molar-refractivity contribution in [3.63, 3.8) is 0 Å². The van der Waals surface area contributed by atoms with Gasteiger partial charge in [-0.2, -0.15) is 0 Å². The molecule has 1 aromatic carbocycles. The maximum atomic E-state index is 13.7. The first kappa shape index (κ1) is 14.3. The van der Waals surface area contributed by atoms with Crippen molar-refractivity contribution in [3.05, 3.63) is 29.1 Å². The fourth-order valence-electron chi connectivity index (χ4n) is 2.84. The number of anilines is 1. The minimum absolute atomic E-state index is 0.201. The molecule has 2 fully saturated rings. The zero-order valence-electron chi connectivity index (χ0n) is 12.0. The molecule has 0 unspecified atom stereocenters. The maximum absolute atomic E-state index is 13.7. The first-order valence-corrected chi connectivity index (χ1v) is 7.14. The molecule has 1 aromatic rings. The number of piperidine rings is 1. The number of nitrogens with zero attached hydrogens (tertiary/aromatic N) is 1. The third kappa shape index (κ3) is 2.61. The molecule has 0 atom stereocenters. The lowest BCUT2D eigenvalue weighted by molar-refractivity contribution is -0.181. The Morgan fingerprint density at radius 3 is 2.48 bits per heavy atom. The van der Waals surface area contributed by atoms with E-state index in [0.717, 1.165) is 0 Å². The summed E-state index contributed by atoms with van der Waals surface area (Å²) in [5.74, 6) is -1.17. The highest BCUT2D eigenvalue weighted by molar-refractivity contribution is 5.95. The number of benzene rings is 1. The van der Waals surface area contributed by atoms with E-state index < -0.39 is 11.6 Å². The van der Waals surface area contributed by atoms with Crippen molar-refractivity contribution in [2.24, 2.45) is 0 Å². The Hall–Kier alpha value is -1.66. The molecule has 0 aliphatic carbocycles. The number of halogens is 1. The number of rotatable bonds is 1. The number of carbonyl (C=O) groups is 1. The van der Waals surface area contributed by atoms with Crippen molar-refractivity contribution in [2.75, 3.05) is 32.0 Å². The lowest BCUT2D eigenvalue weighted by Crippen LogP contribution is -2.47. The van der Waals surface area contributed by atoms with Crippen LogP contribution in [0.25, 0.3) is 0 Å². The minimum atomic E-state index is -0.520. The second-order valence-electron chi connectivity index (χ2n) is 5.57. The molecule has 5 nitrogen and oxygen atoms in total. The van der Waals surface area contributed by atoms with Crippen LogP contribution in [0.15, 0.2) is 12.1 Å². The third-order valence-corrected chi connectivity index (χ3v) is 4.26. The number of likely N-dealkylation sites (tertiary alicyclic amines) is 1. The largest absolute Gasteiger partial charge is 0.398 e. The van der Waals surface area contributed by atoms with Gasteiger partial charge < -0.3 is 20.1 Å². The second kappa shape index (κ2) is 5.27. The molecule has 0 radical (unpaired) electrons. The summed E-state index contributed by atoms with van der Waals surface area (Å²) in [4.78, 5) is 14.1. The van der Waals surface area contributed by atoms with Gasteiger partial charge in [0.15, 0.2) is 5.79 Å². The van der Waals surface area contributed by atoms with Crippen LogP contribution in [0.3, 0.4) is 0 Å². The van der Waals surface area contributed by atoms with Crippen LogP contribution >= 0.6 is 0 Å². The average molecular weight is 294 g/mol. The van der Waals surface area contributed by atoms with Gasteiger partial charge in [0.2, 0.25) is 0 Å². The van der Waals surface area contributed by atoms with Crippen LogP contribution in [0.5, 0.6) is 0 Å². The van der Waals surface area contributed by atoms with Gasteiger partial charge >= 0.3 is 0 Å². The Kier molecular flexibility index (Phi) is 3.59.